The van der Waals surface area contributed by atoms with Crippen molar-refractivity contribution in [2.24, 2.45) is 5.92 Å². The van der Waals surface area contributed by atoms with Crippen LogP contribution in [0.3, 0.4) is 0 Å². The molecule has 3 aliphatic rings. The average Bonchev–Trinajstić information content (AvgIpc) is 2.74. The van der Waals surface area contributed by atoms with Crippen molar-refractivity contribution in [3.8, 4) is 0 Å². The minimum Gasteiger partial charge on any atom is -0.389 e. The van der Waals surface area contributed by atoms with Crippen LogP contribution in [0.15, 0.2) is 18.2 Å². The normalized spacial score (nSPS) is 24.9. The minimum atomic E-state index is -0.679. The Kier molecular flexibility index (Phi) is 6.55. The topological polar surface area (TPSA) is 52.6 Å². The van der Waals surface area contributed by atoms with E-state index in [-0.39, 0.29) is 24.3 Å². The molecule has 1 aliphatic heterocycles. The predicted octanol–water partition coefficient (Wildman–Crippen LogP) is 4.12. The summed E-state index contributed by atoms with van der Waals surface area (Å²) in [6, 6.07) is 5.20. The standard InChI is InChI=1S/C24H35FN2O2/c25-20-11-7-10-18-12-15-27(23(22(18)20)19-8-3-1-4-9-19)21(28)16-26-17-24(29)13-5-2-6-14-24/h7,10-11,19,23,26,29H,1-6,8-9,12-17H2. The lowest BCUT2D eigenvalue weighted by atomic mass is 9.77. The van der Waals surface area contributed by atoms with Crippen LogP contribution in [0.1, 0.15) is 81.4 Å². The van der Waals surface area contributed by atoms with E-state index in [1.807, 2.05) is 11.0 Å². The third-order valence-corrected chi connectivity index (χ3v) is 7.33. The molecule has 160 valence electrons. The van der Waals surface area contributed by atoms with Gasteiger partial charge in [-0.2, -0.15) is 0 Å². The molecule has 1 aromatic carbocycles. The highest BCUT2D eigenvalue weighted by Gasteiger charge is 2.38. The predicted molar refractivity (Wildman–Crippen MR) is 112 cm³/mol. The molecule has 2 aliphatic carbocycles. The summed E-state index contributed by atoms with van der Waals surface area (Å²) in [4.78, 5) is 15.1. The zero-order valence-corrected chi connectivity index (χ0v) is 17.5. The second-order valence-electron chi connectivity index (χ2n) is 9.38. The maximum atomic E-state index is 14.9. The second-order valence-corrected chi connectivity index (χ2v) is 9.38. The van der Waals surface area contributed by atoms with Crippen LogP contribution in [0, 0.1) is 11.7 Å². The summed E-state index contributed by atoms with van der Waals surface area (Å²) in [7, 11) is 0. The Morgan fingerprint density at radius 3 is 2.62 bits per heavy atom. The van der Waals surface area contributed by atoms with Crippen molar-refractivity contribution in [3.05, 3.63) is 35.1 Å². The van der Waals surface area contributed by atoms with Gasteiger partial charge in [-0.15, -0.1) is 0 Å². The van der Waals surface area contributed by atoms with Gasteiger partial charge < -0.3 is 15.3 Å². The second kappa shape index (κ2) is 9.13. The smallest absolute Gasteiger partial charge is 0.237 e. The third-order valence-electron chi connectivity index (χ3n) is 7.33. The van der Waals surface area contributed by atoms with Crippen molar-refractivity contribution in [3.63, 3.8) is 0 Å². The van der Waals surface area contributed by atoms with E-state index in [1.54, 1.807) is 12.1 Å². The number of nitrogens with zero attached hydrogens (tertiary/aromatic N) is 1. The first kappa shape index (κ1) is 20.8. The molecule has 0 bridgehead atoms. The van der Waals surface area contributed by atoms with Gasteiger partial charge in [0.05, 0.1) is 18.2 Å². The lowest BCUT2D eigenvalue weighted by Gasteiger charge is -2.43. The van der Waals surface area contributed by atoms with Crippen molar-refractivity contribution < 1.29 is 14.3 Å². The Morgan fingerprint density at radius 1 is 1.14 bits per heavy atom. The summed E-state index contributed by atoms with van der Waals surface area (Å²) in [6.07, 6.45) is 11.3. The third kappa shape index (κ3) is 4.66. The minimum absolute atomic E-state index is 0.0360. The summed E-state index contributed by atoms with van der Waals surface area (Å²) < 4.78 is 14.9. The van der Waals surface area contributed by atoms with Gasteiger partial charge in [0, 0.05) is 18.7 Å². The lowest BCUT2D eigenvalue weighted by Crippen LogP contribution is -2.49. The molecule has 0 spiro atoms. The molecular weight excluding hydrogens is 367 g/mol. The van der Waals surface area contributed by atoms with Crippen LogP contribution in [0.2, 0.25) is 0 Å². The van der Waals surface area contributed by atoms with Crippen molar-refractivity contribution in [2.45, 2.75) is 82.3 Å². The van der Waals surface area contributed by atoms with Crippen molar-refractivity contribution >= 4 is 5.91 Å². The van der Waals surface area contributed by atoms with E-state index in [1.165, 1.54) is 12.8 Å². The molecule has 1 unspecified atom stereocenters. The highest BCUT2D eigenvalue weighted by atomic mass is 19.1. The number of halogens is 1. The van der Waals surface area contributed by atoms with Gasteiger partial charge in [0.15, 0.2) is 0 Å². The zero-order chi connectivity index (χ0) is 20.3. The van der Waals surface area contributed by atoms with Gasteiger partial charge >= 0.3 is 0 Å². The van der Waals surface area contributed by atoms with E-state index in [9.17, 15) is 14.3 Å². The fourth-order valence-corrected chi connectivity index (χ4v) is 5.78. The average molecular weight is 403 g/mol. The molecule has 1 amide bonds. The molecule has 5 heteroatoms. The van der Waals surface area contributed by atoms with E-state index in [2.05, 4.69) is 5.32 Å². The number of rotatable bonds is 5. The number of amides is 1. The van der Waals surface area contributed by atoms with E-state index in [0.29, 0.717) is 25.4 Å². The number of benzene rings is 1. The fourth-order valence-electron chi connectivity index (χ4n) is 5.78. The Hall–Kier alpha value is -1.46. The molecule has 29 heavy (non-hydrogen) atoms. The molecule has 1 heterocycles. The molecule has 2 saturated carbocycles. The summed E-state index contributed by atoms with van der Waals surface area (Å²) in [5.41, 5.74) is 1.14. The number of carbonyl (C=O) groups excluding carboxylic acids is 1. The van der Waals surface area contributed by atoms with Gasteiger partial charge in [-0.3, -0.25) is 4.79 Å². The van der Waals surface area contributed by atoms with Crippen LogP contribution in [-0.2, 0) is 11.2 Å². The summed E-state index contributed by atoms with van der Waals surface area (Å²) >= 11 is 0. The van der Waals surface area contributed by atoms with Gasteiger partial charge in [0.1, 0.15) is 5.82 Å². The van der Waals surface area contributed by atoms with Crippen molar-refractivity contribution in [1.29, 1.82) is 0 Å². The van der Waals surface area contributed by atoms with Crippen LogP contribution in [0.25, 0.3) is 0 Å². The first-order valence-corrected chi connectivity index (χ1v) is 11.6. The number of aliphatic hydroxyl groups is 1. The maximum Gasteiger partial charge on any atom is 0.237 e. The Labute approximate surface area is 173 Å². The Balaban J connectivity index is 1.47. The number of fused-ring (bicyclic) bond motifs is 1. The maximum absolute atomic E-state index is 14.9. The Morgan fingerprint density at radius 2 is 1.86 bits per heavy atom. The van der Waals surface area contributed by atoms with E-state index in [0.717, 1.165) is 62.5 Å². The van der Waals surface area contributed by atoms with Crippen molar-refractivity contribution in [2.75, 3.05) is 19.6 Å². The first-order chi connectivity index (χ1) is 14.1. The summed E-state index contributed by atoms with van der Waals surface area (Å²) in [5, 5.41) is 13.9. The van der Waals surface area contributed by atoms with Crippen LogP contribution >= 0.6 is 0 Å². The number of carbonyl (C=O) groups is 1. The molecule has 1 atom stereocenters. The number of hydrogen-bond donors (Lipinski definition) is 2. The highest BCUT2D eigenvalue weighted by molar-refractivity contribution is 5.79. The van der Waals surface area contributed by atoms with Gasteiger partial charge in [-0.1, -0.05) is 50.7 Å². The monoisotopic (exact) mass is 402 g/mol. The van der Waals surface area contributed by atoms with Crippen LogP contribution in [-0.4, -0.2) is 41.1 Å². The van der Waals surface area contributed by atoms with Crippen molar-refractivity contribution in [1.82, 2.24) is 10.2 Å². The molecule has 4 rings (SSSR count). The lowest BCUT2D eigenvalue weighted by molar-refractivity contribution is -0.135. The number of hydrogen-bond acceptors (Lipinski definition) is 3. The van der Waals surface area contributed by atoms with Crippen LogP contribution in [0.5, 0.6) is 0 Å². The van der Waals surface area contributed by atoms with Gasteiger partial charge in [0.25, 0.3) is 0 Å². The van der Waals surface area contributed by atoms with Crippen LogP contribution in [0.4, 0.5) is 4.39 Å². The van der Waals surface area contributed by atoms with Gasteiger partial charge in [-0.25, -0.2) is 4.39 Å². The molecule has 1 aromatic rings. The Bertz CT molecular complexity index is 711. The largest absolute Gasteiger partial charge is 0.389 e. The van der Waals surface area contributed by atoms with E-state index in [4.69, 9.17) is 0 Å². The van der Waals surface area contributed by atoms with Crippen LogP contribution < -0.4 is 5.32 Å². The summed E-state index contributed by atoms with van der Waals surface area (Å²) in [6.45, 7) is 1.34. The van der Waals surface area contributed by atoms with E-state index >= 15 is 0 Å². The van der Waals surface area contributed by atoms with E-state index < -0.39 is 5.60 Å². The molecule has 0 aromatic heterocycles. The molecule has 4 nitrogen and oxygen atoms in total. The fraction of sp³-hybridized carbons (Fsp3) is 0.708. The zero-order valence-electron chi connectivity index (χ0n) is 17.5. The number of nitrogens with one attached hydrogen (secondary N) is 1. The molecular formula is C24H35FN2O2. The SMILES string of the molecule is O=C(CNCC1(O)CCCCC1)N1CCc2cccc(F)c2C1C1CCCCC1. The highest BCUT2D eigenvalue weighted by Crippen LogP contribution is 2.43. The summed E-state index contributed by atoms with van der Waals surface area (Å²) in [5.74, 6) is 0.208. The molecule has 2 N–H and O–H groups in total. The van der Waals surface area contributed by atoms with Gasteiger partial charge in [-0.05, 0) is 49.7 Å². The first-order valence-electron chi connectivity index (χ1n) is 11.6. The molecule has 0 radical (unpaired) electrons. The molecule has 2 fully saturated rings. The quantitative estimate of drug-likeness (QED) is 0.779. The molecule has 0 saturated heterocycles. The van der Waals surface area contributed by atoms with Gasteiger partial charge in [0.2, 0.25) is 5.91 Å².